The molecule has 4 heteroatoms. The topological polar surface area (TPSA) is 58.2 Å². The highest BCUT2D eigenvalue weighted by Gasteiger charge is 2.28. The Morgan fingerprint density at radius 1 is 1.35 bits per heavy atom. The van der Waals surface area contributed by atoms with Crippen LogP contribution in [0.25, 0.3) is 0 Å². The van der Waals surface area contributed by atoms with Gasteiger partial charge in [0.1, 0.15) is 6.04 Å². The second kappa shape index (κ2) is 6.03. The summed E-state index contributed by atoms with van der Waals surface area (Å²) < 4.78 is 0. The smallest absolute Gasteiger partial charge is 0.242 e. The minimum Gasteiger partial charge on any atom is -0.354 e. The van der Waals surface area contributed by atoms with Gasteiger partial charge in [0.25, 0.3) is 0 Å². The summed E-state index contributed by atoms with van der Waals surface area (Å²) in [5.74, 6) is 1.52. The van der Waals surface area contributed by atoms with Crippen molar-refractivity contribution in [2.45, 2.75) is 46.6 Å². The third kappa shape index (κ3) is 4.02. The van der Waals surface area contributed by atoms with Gasteiger partial charge in [-0.3, -0.25) is 9.59 Å². The number of nitrogens with one attached hydrogen (secondary N) is 2. The first-order valence-electron chi connectivity index (χ1n) is 6.49. The Hall–Kier alpha value is -1.06. The largest absolute Gasteiger partial charge is 0.354 e. The molecular formula is C13H24N2O2. The van der Waals surface area contributed by atoms with Crippen molar-refractivity contribution in [2.24, 2.45) is 17.8 Å². The second-order valence-electron chi connectivity index (χ2n) is 5.56. The van der Waals surface area contributed by atoms with Gasteiger partial charge < -0.3 is 10.6 Å². The van der Waals surface area contributed by atoms with Gasteiger partial charge in [-0.15, -0.1) is 0 Å². The van der Waals surface area contributed by atoms with Crippen LogP contribution >= 0.6 is 0 Å². The molecular weight excluding hydrogens is 216 g/mol. The number of hydrogen-bond donors (Lipinski definition) is 2. The van der Waals surface area contributed by atoms with Crippen molar-refractivity contribution < 1.29 is 9.59 Å². The molecule has 0 aromatic heterocycles. The van der Waals surface area contributed by atoms with Gasteiger partial charge in [-0.1, -0.05) is 27.7 Å². The molecule has 0 radical (unpaired) electrons. The molecule has 1 rings (SSSR count). The molecule has 0 saturated carbocycles. The molecule has 98 valence electrons. The van der Waals surface area contributed by atoms with E-state index in [1.807, 2.05) is 0 Å². The highest BCUT2D eigenvalue weighted by atomic mass is 16.2. The molecule has 17 heavy (non-hydrogen) atoms. The third-order valence-electron chi connectivity index (χ3n) is 3.54. The fourth-order valence-electron chi connectivity index (χ4n) is 2.39. The minimum atomic E-state index is -0.317. The molecule has 1 aliphatic rings. The average molecular weight is 240 g/mol. The number of amides is 2. The van der Waals surface area contributed by atoms with Crippen LogP contribution in [0.5, 0.6) is 0 Å². The molecule has 0 aromatic rings. The van der Waals surface area contributed by atoms with Crippen molar-refractivity contribution in [3.8, 4) is 0 Å². The van der Waals surface area contributed by atoms with Crippen LogP contribution in [0.3, 0.4) is 0 Å². The number of carbonyl (C=O) groups excluding carboxylic acids is 2. The number of carbonyl (C=O) groups is 2. The lowest BCUT2D eigenvalue weighted by atomic mass is 9.85. The maximum atomic E-state index is 11.8. The van der Waals surface area contributed by atoms with Gasteiger partial charge in [-0.05, 0) is 24.2 Å². The van der Waals surface area contributed by atoms with Crippen molar-refractivity contribution in [2.75, 3.05) is 6.54 Å². The van der Waals surface area contributed by atoms with E-state index in [0.29, 0.717) is 37.1 Å². The van der Waals surface area contributed by atoms with Crippen molar-refractivity contribution in [3.05, 3.63) is 0 Å². The predicted octanol–water partition coefficient (Wildman–Crippen LogP) is 1.31. The zero-order chi connectivity index (χ0) is 13.0. The van der Waals surface area contributed by atoms with E-state index in [0.717, 1.165) is 0 Å². The van der Waals surface area contributed by atoms with Crippen molar-refractivity contribution >= 4 is 11.8 Å². The SMILES string of the molecule is CC(C)C(CNC(=O)[C@H]1CCC(=O)N1)C(C)C. The fraction of sp³-hybridized carbons (Fsp3) is 0.846. The summed E-state index contributed by atoms with van der Waals surface area (Å²) in [7, 11) is 0. The van der Waals surface area contributed by atoms with E-state index >= 15 is 0 Å². The summed E-state index contributed by atoms with van der Waals surface area (Å²) in [5.41, 5.74) is 0. The standard InChI is InChI=1S/C13H24N2O2/c1-8(2)10(9(3)4)7-14-13(17)11-5-6-12(16)15-11/h8-11H,5-7H2,1-4H3,(H,14,17)(H,15,16)/t11-/m1/s1. The van der Waals surface area contributed by atoms with Gasteiger partial charge >= 0.3 is 0 Å². The quantitative estimate of drug-likeness (QED) is 0.761. The Kier molecular flexibility index (Phi) is 4.97. The Labute approximate surface area is 104 Å². The second-order valence-corrected chi connectivity index (χ2v) is 5.56. The molecule has 1 fully saturated rings. The molecule has 0 spiro atoms. The Bertz CT molecular complexity index is 279. The molecule has 0 unspecified atom stereocenters. The number of hydrogen-bond acceptors (Lipinski definition) is 2. The van der Waals surface area contributed by atoms with Gasteiger partial charge in [0.05, 0.1) is 0 Å². The van der Waals surface area contributed by atoms with Gasteiger partial charge in [0.15, 0.2) is 0 Å². The van der Waals surface area contributed by atoms with E-state index < -0.39 is 0 Å². The monoisotopic (exact) mass is 240 g/mol. The Balaban J connectivity index is 2.38. The molecule has 0 aliphatic carbocycles. The summed E-state index contributed by atoms with van der Waals surface area (Å²) in [5, 5.41) is 5.64. The van der Waals surface area contributed by atoms with Crippen LogP contribution in [0, 0.1) is 17.8 Å². The van der Waals surface area contributed by atoms with Crippen molar-refractivity contribution in [1.29, 1.82) is 0 Å². The van der Waals surface area contributed by atoms with Crippen LogP contribution in [0.2, 0.25) is 0 Å². The molecule has 2 N–H and O–H groups in total. The van der Waals surface area contributed by atoms with E-state index in [9.17, 15) is 9.59 Å². The maximum absolute atomic E-state index is 11.8. The van der Waals surface area contributed by atoms with Crippen LogP contribution in [0.15, 0.2) is 0 Å². The Morgan fingerprint density at radius 3 is 2.35 bits per heavy atom. The molecule has 1 atom stereocenters. The zero-order valence-corrected chi connectivity index (χ0v) is 11.2. The van der Waals surface area contributed by atoms with Crippen LogP contribution in [0.4, 0.5) is 0 Å². The highest BCUT2D eigenvalue weighted by Crippen LogP contribution is 2.19. The van der Waals surface area contributed by atoms with Crippen molar-refractivity contribution in [3.63, 3.8) is 0 Å². The van der Waals surface area contributed by atoms with Gasteiger partial charge in [-0.2, -0.15) is 0 Å². The van der Waals surface area contributed by atoms with Crippen molar-refractivity contribution in [1.82, 2.24) is 10.6 Å². The predicted molar refractivity (Wildman–Crippen MR) is 67.3 cm³/mol. The summed E-state index contributed by atoms with van der Waals surface area (Å²) in [6, 6.07) is -0.317. The third-order valence-corrected chi connectivity index (χ3v) is 3.54. The lowest BCUT2D eigenvalue weighted by Gasteiger charge is -2.25. The van der Waals surface area contributed by atoms with Crippen LogP contribution in [-0.4, -0.2) is 24.4 Å². The average Bonchev–Trinajstić information content (AvgIpc) is 2.63. The first-order chi connectivity index (χ1) is 7.91. The lowest BCUT2D eigenvalue weighted by molar-refractivity contribution is -0.126. The molecule has 0 bridgehead atoms. The van der Waals surface area contributed by atoms with Crippen LogP contribution in [-0.2, 0) is 9.59 Å². The van der Waals surface area contributed by atoms with Gasteiger partial charge in [0.2, 0.25) is 11.8 Å². The van der Waals surface area contributed by atoms with Gasteiger partial charge in [0, 0.05) is 13.0 Å². The number of rotatable bonds is 5. The minimum absolute atomic E-state index is 0.0191. The normalized spacial score (nSPS) is 20.2. The summed E-state index contributed by atoms with van der Waals surface area (Å²) in [6.07, 6.45) is 1.09. The van der Waals surface area contributed by atoms with E-state index in [1.165, 1.54) is 0 Å². The lowest BCUT2D eigenvalue weighted by Crippen LogP contribution is -2.44. The maximum Gasteiger partial charge on any atom is 0.242 e. The van der Waals surface area contributed by atoms with E-state index in [2.05, 4.69) is 38.3 Å². The molecule has 1 heterocycles. The van der Waals surface area contributed by atoms with Crippen LogP contribution < -0.4 is 10.6 Å². The van der Waals surface area contributed by atoms with E-state index in [-0.39, 0.29) is 17.9 Å². The molecule has 1 saturated heterocycles. The zero-order valence-electron chi connectivity index (χ0n) is 11.2. The Morgan fingerprint density at radius 2 is 1.94 bits per heavy atom. The summed E-state index contributed by atoms with van der Waals surface area (Å²) in [4.78, 5) is 22.8. The first-order valence-corrected chi connectivity index (χ1v) is 6.49. The molecule has 1 aliphatic heterocycles. The summed E-state index contributed by atoms with van der Waals surface area (Å²) >= 11 is 0. The first kappa shape index (κ1) is 14.0. The fourth-order valence-corrected chi connectivity index (χ4v) is 2.39. The van der Waals surface area contributed by atoms with E-state index in [4.69, 9.17) is 0 Å². The summed E-state index contributed by atoms with van der Waals surface area (Å²) in [6.45, 7) is 9.39. The van der Waals surface area contributed by atoms with E-state index in [1.54, 1.807) is 0 Å². The molecule has 2 amide bonds. The molecule has 4 nitrogen and oxygen atoms in total. The van der Waals surface area contributed by atoms with Crippen LogP contribution in [0.1, 0.15) is 40.5 Å². The molecule has 0 aromatic carbocycles. The highest BCUT2D eigenvalue weighted by molar-refractivity contribution is 5.90. The van der Waals surface area contributed by atoms with Gasteiger partial charge in [-0.25, -0.2) is 0 Å².